The van der Waals surface area contributed by atoms with E-state index < -0.39 is 22.9 Å². The Kier molecular flexibility index (Phi) is 4.98. The van der Waals surface area contributed by atoms with Crippen molar-refractivity contribution in [3.8, 4) is 0 Å². The molecule has 0 fully saturated rings. The van der Waals surface area contributed by atoms with E-state index in [2.05, 4.69) is 4.98 Å². The molecule has 2 aromatic carbocycles. The molecule has 10 heteroatoms. The van der Waals surface area contributed by atoms with Crippen molar-refractivity contribution in [3.63, 3.8) is 0 Å². The van der Waals surface area contributed by atoms with Gasteiger partial charge in [-0.3, -0.25) is 9.59 Å². The lowest BCUT2D eigenvalue weighted by molar-refractivity contribution is -0.138. The molecular formula is C18H11ClF2N2O3S2. The van der Waals surface area contributed by atoms with Gasteiger partial charge in [0.1, 0.15) is 10.5 Å². The number of halogens is 3. The van der Waals surface area contributed by atoms with Crippen LogP contribution in [0.2, 0.25) is 5.02 Å². The second-order valence-corrected chi connectivity index (χ2v) is 8.85. The SMILES string of the molecule is O=C(O)CC1Sc2cc(Cl)ccc2N(Cc2nc3c(F)c(F)ccc3s2)C1=O. The maximum atomic E-state index is 14.0. The number of aromatic nitrogens is 1. The third-order valence-electron chi connectivity index (χ3n) is 4.17. The number of thioether (sulfide) groups is 1. The summed E-state index contributed by atoms with van der Waals surface area (Å²) in [6, 6.07) is 7.44. The fraction of sp³-hybridized carbons (Fsp3) is 0.167. The molecule has 144 valence electrons. The molecule has 0 bridgehead atoms. The summed E-state index contributed by atoms with van der Waals surface area (Å²) in [6.45, 7) is 0.0184. The van der Waals surface area contributed by atoms with Gasteiger partial charge in [0.15, 0.2) is 11.6 Å². The lowest BCUT2D eigenvalue weighted by Crippen LogP contribution is -2.41. The number of carboxylic acids is 1. The Morgan fingerprint density at radius 3 is 2.82 bits per heavy atom. The van der Waals surface area contributed by atoms with Crippen LogP contribution in [0.3, 0.4) is 0 Å². The summed E-state index contributed by atoms with van der Waals surface area (Å²) in [5, 5.41) is 9.18. The number of fused-ring (bicyclic) bond motifs is 2. The third-order valence-corrected chi connectivity index (χ3v) is 6.65. The normalized spacial score (nSPS) is 16.5. The van der Waals surface area contributed by atoms with Gasteiger partial charge in [-0.25, -0.2) is 13.8 Å². The first-order valence-corrected chi connectivity index (χ1v) is 10.1. The van der Waals surface area contributed by atoms with E-state index in [-0.39, 0.29) is 24.4 Å². The molecule has 28 heavy (non-hydrogen) atoms. The molecule has 0 radical (unpaired) electrons. The maximum absolute atomic E-state index is 14.0. The van der Waals surface area contributed by atoms with Crippen molar-refractivity contribution >= 4 is 62.5 Å². The van der Waals surface area contributed by atoms with Crippen molar-refractivity contribution in [1.82, 2.24) is 4.98 Å². The molecular weight excluding hydrogens is 430 g/mol. The van der Waals surface area contributed by atoms with Gasteiger partial charge < -0.3 is 10.0 Å². The summed E-state index contributed by atoms with van der Waals surface area (Å²) in [5.74, 6) is -3.49. The van der Waals surface area contributed by atoms with Gasteiger partial charge in [0.05, 0.1) is 28.6 Å². The first kappa shape index (κ1) is 19.1. The van der Waals surface area contributed by atoms with Crippen molar-refractivity contribution in [1.29, 1.82) is 0 Å². The molecule has 0 spiro atoms. The van der Waals surface area contributed by atoms with E-state index in [9.17, 15) is 18.4 Å². The summed E-state index contributed by atoms with van der Waals surface area (Å²) < 4.78 is 27.9. The van der Waals surface area contributed by atoms with Gasteiger partial charge in [-0.2, -0.15) is 0 Å². The minimum absolute atomic E-state index is 0.0184. The Morgan fingerprint density at radius 1 is 1.29 bits per heavy atom. The molecule has 1 aliphatic rings. The molecule has 0 aliphatic carbocycles. The van der Waals surface area contributed by atoms with E-state index >= 15 is 0 Å². The van der Waals surface area contributed by atoms with Crippen molar-refractivity contribution < 1.29 is 23.5 Å². The Labute approximate surface area is 170 Å². The molecule has 1 atom stereocenters. The fourth-order valence-corrected chi connectivity index (χ4v) is 5.38. The van der Waals surface area contributed by atoms with E-state index in [1.165, 1.54) is 11.0 Å². The number of nitrogens with zero attached hydrogens (tertiary/aromatic N) is 2. The summed E-state index contributed by atoms with van der Waals surface area (Å²) in [4.78, 5) is 30.3. The number of thiazole rings is 1. The molecule has 1 amide bonds. The molecule has 1 aromatic heterocycles. The summed E-state index contributed by atoms with van der Waals surface area (Å²) in [7, 11) is 0. The van der Waals surface area contributed by atoms with Crippen LogP contribution in [0, 0.1) is 11.6 Å². The van der Waals surface area contributed by atoms with E-state index in [0.717, 1.165) is 29.2 Å². The molecule has 0 saturated carbocycles. The average Bonchev–Trinajstić information content (AvgIpc) is 3.05. The van der Waals surface area contributed by atoms with Crippen molar-refractivity contribution in [3.05, 3.63) is 52.0 Å². The predicted octanol–water partition coefficient (Wildman–Crippen LogP) is 4.71. The Morgan fingerprint density at radius 2 is 2.07 bits per heavy atom. The Bertz CT molecular complexity index is 1120. The van der Waals surface area contributed by atoms with Gasteiger partial charge in [0.25, 0.3) is 0 Å². The minimum Gasteiger partial charge on any atom is -0.481 e. The standard InChI is InChI=1S/C18H11ClF2N2O3S2/c19-8-1-3-10-12(5-8)27-13(6-15(24)25)18(26)23(10)7-14-22-17-11(28-14)4-2-9(20)16(17)21/h1-5,13H,6-7H2,(H,24,25). The lowest BCUT2D eigenvalue weighted by Gasteiger charge is -2.32. The number of carbonyl (C=O) groups excluding carboxylic acids is 1. The zero-order valence-corrected chi connectivity index (χ0v) is 16.4. The molecule has 4 rings (SSSR count). The molecule has 2 heterocycles. The van der Waals surface area contributed by atoms with Crippen LogP contribution in [-0.2, 0) is 16.1 Å². The third kappa shape index (κ3) is 3.45. The summed E-state index contributed by atoms with van der Waals surface area (Å²) >= 11 is 8.34. The summed E-state index contributed by atoms with van der Waals surface area (Å²) in [6.07, 6.45) is -0.342. The topological polar surface area (TPSA) is 70.5 Å². The fourth-order valence-electron chi connectivity index (χ4n) is 2.94. The first-order valence-electron chi connectivity index (χ1n) is 8.06. The smallest absolute Gasteiger partial charge is 0.305 e. The number of carbonyl (C=O) groups is 2. The number of aliphatic carboxylic acids is 1. The number of hydrogen-bond acceptors (Lipinski definition) is 5. The van der Waals surface area contributed by atoms with Gasteiger partial charge in [-0.1, -0.05) is 11.6 Å². The minimum atomic E-state index is -1.09. The van der Waals surface area contributed by atoms with Gasteiger partial charge in [0.2, 0.25) is 5.91 Å². The second kappa shape index (κ2) is 7.31. The van der Waals surface area contributed by atoms with Crippen LogP contribution in [0.25, 0.3) is 10.2 Å². The highest BCUT2D eigenvalue weighted by molar-refractivity contribution is 8.01. The van der Waals surface area contributed by atoms with Gasteiger partial charge in [0, 0.05) is 9.92 Å². The number of benzene rings is 2. The Hall–Kier alpha value is -2.23. The van der Waals surface area contributed by atoms with Crippen LogP contribution < -0.4 is 4.90 Å². The highest BCUT2D eigenvalue weighted by atomic mass is 35.5. The molecule has 0 saturated heterocycles. The van der Waals surface area contributed by atoms with E-state index in [1.54, 1.807) is 18.2 Å². The summed E-state index contributed by atoms with van der Waals surface area (Å²) in [5.41, 5.74) is 0.490. The number of rotatable bonds is 4. The number of carboxylic acid groups (broad SMARTS) is 1. The van der Waals surface area contributed by atoms with Crippen LogP contribution in [0.4, 0.5) is 14.5 Å². The van der Waals surface area contributed by atoms with Crippen LogP contribution in [0.5, 0.6) is 0 Å². The highest BCUT2D eigenvalue weighted by Crippen LogP contribution is 2.42. The average molecular weight is 441 g/mol. The zero-order chi connectivity index (χ0) is 20.0. The maximum Gasteiger partial charge on any atom is 0.305 e. The van der Waals surface area contributed by atoms with E-state index in [4.69, 9.17) is 16.7 Å². The molecule has 1 aliphatic heterocycles. The molecule has 5 nitrogen and oxygen atoms in total. The second-order valence-electron chi connectivity index (χ2n) is 6.06. The first-order chi connectivity index (χ1) is 13.3. The molecule has 1 N–H and O–H groups in total. The van der Waals surface area contributed by atoms with Crippen molar-refractivity contribution in [2.75, 3.05) is 4.90 Å². The lowest BCUT2D eigenvalue weighted by atomic mass is 10.2. The Balaban J connectivity index is 1.74. The van der Waals surface area contributed by atoms with Crippen LogP contribution in [-0.4, -0.2) is 27.2 Å². The van der Waals surface area contributed by atoms with Gasteiger partial charge in [-0.15, -0.1) is 23.1 Å². The van der Waals surface area contributed by atoms with E-state index in [1.807, 2.05) is 0 Å². The van der Waals surface area contributed by atoms with Crippen molar-refractivity contribution in [2.45, 2.75) is 23.1 Å². The predicted molar refractivity (Wildman–Crippen MR) is 104 cm³/mol. The number of anilines is 1. The van der Waals surface area contributed by atoms with Crippen LogP contribution in [0.1, 0.15) is 11.4 Å². The van der Waals surface area contributed by atoms with Gasteiger partial charge in [-0.05, 0) is 30.3 Å². The van der Waals surface area contributed by atoms with Crippen molar-refractivity contribution in [2.24, 2.45) is 0 Å². The largest absolute Gasteiger partial charge is 0.481 e. The molecule has 3 aromatic rings. The quantitative estimate of drug-likeness (QED) is 0.636. The molecule has 1 unspecified atom stereocenters. The van der Waals surface area contributed by atoms with Crippen LogP contribution >= 0.6 is 34.7 Å². The number of amides is 1. The van der Waals surface area contributed by atoms with Gasteiger partial charge >= 0.3 is 5.97 Å². The monoisotopic (exact) mass is 440 g/mol. The highest BCUT2D eigenvalue weighted by Gasteiger charge is 2.35. The van der Waals surface area contributed by atoms with E-state index in [0.29, 0.717) is 25.3 Å². The zero-order valence-electron chi connectivity index (χ0n) is 14.0. The number of hydrogen-bond donors (Lipinski definition) is 1. The van der Waals surface area contributed by atoms with Crippen LogP contribution in [0.15, 0.2) is 35.2 Å².